The van der Waals surface area contributed by atoms with E-state index in [0.29, 0.717) is 29.4 Å². The zero-order valence-corrected chi connectivity index (χ0v) is 10.6. The van der Waals surface area contributed by atoms with Crippen molar-refractivity contribution in [3.63, 3.8) is 0 Å². The fourth-order valence-corrected chi connectivity index (χ4v) is 2.64. The summed E-state index contributed by atoms with van der Waals surface area (Å²) in [6, 6.07) is 0. The third kappa shape index (κ3) is 1.83. The number of nitrogens with zero attached hydrogens (tertiary/aromatic N) is 5. The summed E-state index contributed by atoms with van der Waals surface area (Å²) in [5, 5.41) is 17.3. The molecule has 8 heteroatoms. The van der Waals surface area contributed by atoms with Crippen molar-refractivity contribution in [3.8, 4) is 5.13 Å². The molecule has 0 bridgehead atoms. The van der Waals surface area contributed by atoms with Gasteiger partial charge in [-0.05, 0) is 19.8 Å². The lowest BCUT2D eigenvalue weighted by Crippen LogP contribution is -2.08. The van der Waals surface area contributed by atoms with Crippen molar-refractivity contribution in [2.24, 2.45) is 0 Å². The number of rotatable bonds is 3. The Morgan fingerprint density at radius 1 is 1.44 bits per heavy atom. The third-order valence-corrected chi connectivity index (χ3v) is 3.59. The molecule has 0 amide bonds. The van der Waals surface area contributed by atoms with Gasteiger partial charge in [0.25, 0.3) is 0 Å². The van der Waals surface area contributed by atoms with E-state index in [1.807, 2.05) is 6.92 Å². The second-order valence-corrected chi connectivity index (χ2v) is 5.15. The molecule has 2 aromatic heterocycles. The van der Waals surface area contributed by atoms with Crippen LogP contribution in [0.5, 0.6) is 0 Å². The van der Waals surface area contributed by atoms with Gasteiger partial charge in [-0.1, -0.05) is 16.6 Å². The molecular weight excluding hydrogens is 254 g/mol. The first-order valence-corrected chi connectivity index (χ1v) is 6.44. The van der Waals surface area contributed by atoms with E-state index in [0.717, 1.165) is 17.8 Å². The smallest absolute Gasteiger partial charge is 0.234 e. The minimum absolute atomic E-state index is 0.135. The van der Waals surface area contributed by atoms with Crippen LogP contribution in [0.2, 0.25) is 0 Å². The normalized spacial score (nSPS) is 19.3. The van der Waals surface area contributed by atoms with Crippen LogP contribution in [0.25, 0.3) is 5.13 Å². The summed E-state index contributed by atoms with van der Waals surface area (Å²) < 4.78 is 7.17. The molecule has 1 fully saturated rings. The lowest BCUT2D eigenvalue weighted by atomic mass is 10.1. The van der Waals surface area contributed by atoms with Gasteiger partial charge in [0.05, 0.1) is 0 Å². The third-order valence-electron chi connectivity index (χ3n) is 2.78. The zero-order valence-electron chi connectivity index (χ0n) is 9.74. The van der Waals surface area contributed by atoms with E-state index in [9.17, 15) is 4.79 Å². The predicted molar refractivity (Wildman–Crippen MR) is 62.9 cm³/mol. The molecule has 0 radical (unpaired) electrons. The first-order chi connectivity index (χ1) is 8.79. The number of aryl methyl sites for hydroxylation is 1. The molecule has 0 aliphatic carbocycles. The van der Waals surface area contributed by atoms with Crippen LogP contribution in [0, 0.1) is 6.92 Å². The van der Waals surface area contributed by atoms with Gasteiger partial charge < -0.3 is 4.74 Å². The highest BCUT2D eigenvalue weighted by Crippen LogP contribution is 2.31. The molecule has 2 aromatic rings. The lowest BCUT2D eigenvalue weighted by molar-refractivity contribution is 0.102. The van der Waals surface area contributed by atoms with Crippen molar-refractivity contribution in [3.05, 3.63) is 16.4 Å². The lowest BCUT2D eigenvalue weighted by Gasteiger charge is -2.09. The summed E-state index contributed by atoms with van der Waals surface area (Å²) in [4.78, 5) is 11.0. The Balaban J connectivity index is 2.08. The maximum atomic E-state index is 11.0. The monoisotopic (exact) mass is 265 g/mol. The van der Waals surface area contributed by atoms with Crippen LogP contribution in [0.3, 0.4) is 0 Å². The molecule has 0 N–H and O–H groups in total. The second-order valence-electron chi connectivity index (χ2n) is 3.99. The summed E-state index contributed by atoms with van der Waals surface area (Å²) in [7, 11) is 0. The van der Waals surface area contributed by atoms with Crippen molar-refractivity contribution in [1.29, 1.82) is 0 Å². The Bertz CT molecular complexity index is 573. The second kappa shape index (κ2) is 4.54. The predicted octanol–water partition coefficient (Wildman–Crippen LogP) is 1.09. The topological polar surface area (TPSA) is 82.8 Å². The van der Waals surface area contributed by atoms with E-state index < -0.39 is 0 Å². The first kappa shape index (κ1) is 11.4. The number of aromatic nitrogens is 5. The Kier molecular flexibility index (Phi) is 2.88. The van der Waals surface area contributed by atoms with Crippen molar-refractivity contribution in [2.45, 2.75) is 25.9 Å². The van der Waals surface area contributed by atoms with E-state index in [-0.39, 0.29) is 6.10 Å². The molecule has 3 heterocycles. The van der Waals surface area contributed by atoms with Gasteiger partial charge in [-0.2, -0.15) is 4.68 Å². The van der Waals surface area contributed by atoms with Gasteiger partial charge in [-0.25, -0.2) is 0 Å². The summed E-state index contributed by atoms with van der Waals surface area (Å²) in [5.41, 5.74) is 0.994. The van der Waals surface area contributed by atoms with E-state index in [1.165, 1.54) is 11.3 Å². The van der Waals surface area contributed by atoms with E-state index >= 15 is 0 Å². The average Bonchev–Trinajstić information content (AvgIpc) is 3.07. The molecule has 0 saturated carbocycles. The largest absolute Gasteiger partial charge is 0.372 e. The summed E-state index contributed by atoms with van der Waals surface area (Å²) in [6.07, 6.45) is 2.41. The molecule has 0 spiro atoms. The molecule has 1 aliphatic rings. The zero-order chi connectivity index (χ0) is 12.5. The van der Waals surface area contributed by atoms with E-state index in [2.05, 4.69) is 20.5 Å². The molecule has 94 valence electrons. The van der Waals surface area contributed by atoms with Crippen LogP contribution in [0.4, 0.5) is 0 Å². The Labute approximate surface area is 107 Å². The van der Waals surface area contributed by atoms with Gasteiger partial charge in [-0.15, -0.1) is 15.3 Å². The summed E-state index contributed by atoms with van der Waals surface area (Å²) >= 11 is 1.40. The van der Waals surface area contributed by atoms with Gasteiger partial charge in [0.1, 0.15) is 16.8 Å². The molecular formula is C10H11N5O2S. The molecule has 1 saturated heterocycles. The van der Waals surface area contributed by atoms with Crippen molar-refractivity contribution < 1.29 is 9.53 Å². The highest BCUT2D eigenvalue weighted by Gasteiger charge is 2.28. The number of carbonyl (C=O) groups is 1. The number of aldehydes is 1. The Morgan fingerprint density at radius 3 is 2.94 bits per heavy atom. The molecule has 7 nitrogen and oxygen atoms in total. The van der Waals surface area contributed by atoms with Gasteiger partial charge in [0, 0.05) is 6.61 Å². The van der Waals surface area contributed by atoms with Gasteiger partial charge >= 0.3 is 0 Å². The molecule has 3 rings (SSSR count). The Hall–Kier alpha value is -1.67. The molecule has 1 aliphatic heterocycles. The van der Waals surface area contributed by atoms with Gasteiger partial charge in [0.15, 0.2) is 12.0 Å². The van der Waals surface area contributed by atoms with Gasteiger partial charge in [0.2, 0.25) is 5.13 Å². The fraction of sp³-hybridized carbons (Fsp3) is 0.500. The van der Waals surface area contributed by atoms with Crippen LogP contribution in [-0.2, 0) is 4.74 Å². The highest BCUT2D eigenvalue weighted by molar-refractivity contribution is 7.13. The minimum atomic E-state index is -0.135. The maximum absolute atomic E-state index is 11.0. The minimum Gasteiger partial charge on any atom is -0.372 e. The van der Waals surface area contributed by atoms with Crippen LogP contribution < -0.4 is 0 Å². The average molecular weight is 265 g/mol. The molecule has 18 heavy (non-hydrogen) atoms. The van der Waals surface area contributed by atoms with E-state index in [4.69, 9.17) is 4.74 Å². The molecule has 1 unspecified atom stereocenters. The number of carbonyl (C=O) groups excluding carboxylic acids is 1. The fourth-order valence-electron chi connectivity index (χ4n) is 1.99. The van der Waals surface area contributed by atoms with Crippen molar-refractivity contribution in [1.82, 2.24) is 25.2 Å². The first-order valence-electron chi connectivity index (χ1n) is 5.62. The quantitative estimate of drug-likeness (QED) is 0.772. The molecule has 1 atom stereocenters. The maximum Gasteiger partial charge on any atom is 0.234 e. The van der Waals surface area contributed by atoms with Crippen LogP contribution in [-0.4, -0.2) is 38.1 Å². The highest BCUT2D eigenvalue weighted by atomic mass is 32.1. The van der Waals surface area contributed by atoms with Crippen LogP contribution in [0.15, 0.2) is 0 Å². The van der Waals surface area contributed by atoms with Crippen LogP contribution in [0.1, 0.15) is 40.1 Å². The standard InChI is InChI=1S/C10H11N5O2S/c1-6-11-13-10(18-6)15-9(7(5-16)12-14-15)8-3-2-4-17-8/h5,8H,2-4H2,1H3. The van der Waals surface area contributed by atoms with Gasteiger partial charge in [-0.3, -0.25) is 4.79 Å². The summed E-state index contributed by atoms with van der Waals surface area (Å²) in [5.74, 6) is 0. The summed E-state index contributed by atoms with van der Waals surface area (Å²) in [6.45, 7) is 2.56. The Morgan fingerprint density at radius 2 is 2.33 bits per heavy atom. The van der Waals surface area contributed by atoms with Crippen LogP contribution >= 0.6 is 11.3 Å². The number of hydrogen-bond acceptors (Lipinski definition) is 7. The number of ether oxygens (including phenoxy) is 1. The number of hydrogen-bond donors (Lipinski definition) is 0. The van der Waals surface area contributed by atoms with Crippen molar-refractivity contribution >= 4 is 17.6 Å². The van der Waals surface area contributed by atoms with Crippen molar-refractivity contribution in [2.75, 3.05) is 6.61 Å². The van der Waals surface area contributed by atoms with E-state index in [1.54, 1.807) is 4.68 Å². The molecule has 0 aromatic carbocycles. The SMILES string of the molecule is Cc1nnc(-n2nnc(C=O)c2C2CCCO2)s1.